The van der Waals surface area contributed by atoms with E-state index in [1.54, 1.807) is 0 Å². The van der Waals surface area contributed by atoms with Gasteiger partial charge < -0.3 is 20.1 Å². The summed E-state index contributed by atoms with van der Waals surface area (Å²) in [6.45, 7) is 0.634. The number of hydrogen-bond acceptors (Lipinski definition) is 4. The minimum atomic E-state index is -0.260. The summed E-state index contributed by atoms with van der Waals surface area (Å²) in [7, 11) is 0. The summed E-state index contributed by atoms with van der Waals surface area (Å²) in [5.41, 5.74) is 0.909. The predicted octanol–water partition coefficient (Wildman–Crippen LogP) is 1.30. The topological polar surface area (TPSA) is 76.7 Å². The molecular weight excluding hydrogens is 320 g/mol. The highest BCUT2D eigenvalue weighted by Gasteiger charge is 2.21. The summed E-state index contributed by atoms with van der Waals surface area (Å²) in [5.74, 6) is 0.929. The van der Waals surface area contributed by atoms with Gasteiger partial charge in [-0.25, -0.2) is 0 Å². The van der Waals surface area contributed by atoms with Gasteiger partial charge in [0.2, 0.25) is 11.8 Å². The minimum absolute atomic E-state index is 0.0597. The number of rotatable bonds is 6. The largest absolute Gasteiger partial charge is 0.486 e. The van der Waals surface area contributed by atoms with E-state index in [2.05, 4.69) is 10.6 Å². The van der Waals surface area contributed by atoms with Gasteiger partial charge in [0.1, 0.15) is 12.7 Å². The average molecular weight is 340 g/mol. The molecule has 0 saturated heterocycles. The van der Waals surface area contributed by atoms with Gasteiger partial charge in [0, 0.05) is 0 Å². The molecule has 0 fully saturated rings. The van der Waals surface area contributed by atoms with Crippen molar-refractivity contribution in [3.63, 3.8) is 0 Å². The first kappa shape index (κ1) is 16.8. The predicted molar refractivity (Wildman–Crippen MR) is 92.5 cm³/mol. The third-order valence-electron chi connectivity index (χ3n) is 3.75. The Bertz CT molecular complexity index is 733. The van der Waals surface area contributed by atoms with Gasteiger partial charge in [-0.1, -0.05) is 42.5 Å². The number of carbonyl (C=O) groups excluding carboxylic acids is 2. The SMILES string of the molecule is O=C(CNC(=O)Cc1ccccc1)NC[C@@H]1COc2ccccc2O1. The van der Waals surface area contributed by atoms with Gasteiger partial charge in [0.05, 0.1) is 19.5 Å². The lowest BCUT2D eigenvalue weighted by molar-refractivity contribution is -0.126. The van der Waals surface area contributed by atoms with Crippen molar-refractivity contribution in [2.75, 3.05) is 19.7 Å². The van der Waals surface area contributed by atoms with Crippen molar-refractivity contribution in [3.8, 4) is 11.5 Å². The highest BCUT2D eigenvalue weighted by Crippen LogP contribution is 2.30. The molecule has 1 aliphatic rings. The Kier molecular flexibility index (Phi) is 5.51. The molecule has 0 saturated carbocycles. The molecule has 0 aromatic heterocycles. The summed E-state index contributed by atoms with van der Waals surface area (Å²) < 4.78 is 11.3. The van der Waals surface area contributed by atoms with E-state index in [0.29, 0.717) is 24.7 Å². The second-order valence-electron chi connectivity index (χ2n) is 5.74. The van der Waals surface area contributed by atoms with E-state index in [9.17, 15) is 9.59 Å². The number of hydrogen-bond donors (Lipinski definition) is 2. The molecule has 130 valence electrons. The monoisotopic (exact) mass is 340 g/mol. The maximum absolute atomic E-state index is 11.9. The van der Waals surface area contributed by atoms with Crippen LogP contribution in [0.25, 0.3) is 0 Å². The first-order chi connectivity index (χ1) is 12.2. The molecule has 2 aromatic rings. The van der Waals surface area contributed by atoms with E-state index in [1.165, 1.54) is 0 Å². The van der Waals surface area contributed by atoms with Gasteiger partial charge in [-0.3, -0.25) is 9.59 Å². The smallest absolute Gasteiger partial charge is 0.239 e. The lowest BCUT2D eigenvalue weighted by Gasteiger charge is -2.26. The molecule has 1 heterocycles. The Hall–Kier alpha value is -3.02. The second kappa shape index (κ2) is 8.19. The third-order valence-corrected chi connectivity index (χ3v) is 3.75. The number of fused-ring (bicyclic) bond motifs is 1. The molecule has 1 atom stereocenters. The van der Waals surface area contributed by atoms with Gasteiger partial charge in [-0.05, 0) is 17.7 Å². The zero-order chi connectivity index (χ0) is 17.5. The van der Waals surface area contributed by atoms with Crippen molar-refractivity contribution in [3.05, 3.63) is 60.2 Å². The molecule has 2 N–H and O–H groups in total. The average Bonchev–Trinajstić information content (AvgIpc) is 2.65. The molecule has 2 aromatic carbocycles. The van der Waals surface area contributed by atoms with E-state index in [0.717, 1.165) is 5.56 Å². The second-order valence-corrected chi connectivity index (χ2v) is 5.74. The van der Waals surface area contributed by atoms with Crippen molar-refractivity contribution in [2.45, 2.75) is 12.5 Å². The molecule has 2 amide bonds. The van der Waals surface area contributed by atoms with Crippen LogP contribution < -0.4 is 20.1 Å². The van der Waals surface area contributed by atoms with E-state index < -0.39 is 0 Å². The van der Waals surface area contributed by atoms with Crippen molar-refractivity contribution in [1.82, 2.24) is 10.6 Å². The van der Waals surface area contributed by atoms with Crippen molar-refractivity contribution < 1.29 is 19.1 Å². The van der Waals surface area contributed by atoms with E-state index in [4.69, 9.17) is 9.47 Å². The van der Waals surface area contributed by atoms with Gasteiger partial charge >= 0.3 is 0 Å². The van der Waals surface area contributed by atoms with E-state index in [1.807, 2.05) is 54.6 Å². The maximum atomic E-state index is 11.9. The molecule has 0 aliphatic carbocycles. The lowest BCUT2D eigenvalue weighted by atomic mass is 10.1. The zero-order valence-corrected chi connectivity index (χ0v) is 13.7. The number of amides is 2. The molecule has 25 heavy (non-hydrogen) atoms. The molecule has 1 aliphatic heterocycles. The number of nitrogens with one attached hydrogen (secondary N) is 2. The molecule has 0 unspecified atom stereocenters. The van der Waals surface area contributed by atoms with Gasteiger partial charge in [-0.15, -0.1) is 0 Å². The third kappa shape index (κ3) is 4.97. The van der Waals surface area contributed by atoms with Crippen molar-refractivity contribution >= 4 is 11.8 Å². The standard InChI is InChI=1S/C19H20N2O4/c22-18(10-14-6-2-1-3-7-14)21-12-19(23)20-11-15-13-24-16-8-4-5-9-17(16)25-15/h1-9,15H,10-13H2,(H,20,23)(H,21,22)/t15-/m1/s1. The molecule has 0 spiro atoms. The van der Waals surface area contributed by atoms with E-state index in [-0.39, 0.29) is 30.9 Å². The molecular formula is C19H20N2O4. The van der Waals surface area contributed by atoms with Crippen LogP contribution in [0.1, 0.15) is 5.56 Å². The molecule has 0 radical (unpaired) electrons. The molecule has 6 heteroatoms. The number of para-hydroxylation sites is 2. The molecule has 0 bridgehead atoms. The Morgan fingerprint density at radius 2 is 1.64 bits per heavy atom. The lowest BCUT2D eigenvalue weighted by Crippen LogP contribution is -2.44. The van der Waals surface area contributed by atoms with Gasteiger partial charge in [0.25, 0.3) is 0 Å². The fourth-order valence-electron chi connectivity index (χ4n) is 2.48. The van der Waals surface area contributed by atoms with Crippen LogP contribution in [0, 0.1) is 0 Å². The first-order valence-corrected chi connectivity index (χ1v) is 8.16. The van der Waals surface area contributed by atoms with Crippen molar-refractivity contribution in [1.29, 1.82) is 0 Å². The number of benzene rings is 2. The van der Waals surface area contributed by atoms with Crippen LogP contribution in [0.4, 0.5) is 0 Å². The Morgan fingerprint density at radius 1 is 0.920 bits per heavy atom. The summed E-state index contributed by atoms with van der Waals surface area (Å²) >= 11 is 0. The van der Waals surface area contributed by atoms with Gasteiger partial charge in [0.15, 0.2) is 11.5 Å². The summed E-state index contributed by atoms with van der Waals surface area (Å²) in [5, 5.41) is 5.36. The molecule has 6 nitrogen and oxygen atoms in total. The maximum Gasteiger partial charge on any atom is 0.239 e. The summed E-state index contributed by atoms with van der Waals surface area (Å²) in [6, 6.07) is 16.8. The normalized spacial score (nSPS) is 15.3. The van der Waals surface area contributed by atoms with Crippen LogP contribution in [0.15, 0.2) is 54.6 Å². The summed E-state index contributed by atoms with van der Waals surface area (Å²) in [6.07, 6.45) is 0.00340. The van der Waals surface area contributed by atoms with Crippen molar-refractivity contribution in [2.24, 2.45) is 0 Å². The van der Waals surface area contributed by atoms with E-state index >= 15 is 0 Å². The Balaban J connectivity index is 1.37. The number of carbonyl (C=O) groups is 2. The number of ether oxygens (including phenoxy) is 2. The van der Waals surface area contributed by atoms with Crippen LogP contribution in [-0.4, -0.2) is 37.6 Å². The van der Waals surface area contributed by atoms with Gasteiger partial charge in [-0.2, -0.15) is 0 Å². The highest BCUT2D eigenvalue weighted by molar-refractivity contribution is 5.85. The summed E-state index contributed by atoms with van der Waals surface area (Å²) in [4.78, 5) is 23.7. The first-order valence-electron chi connectivity index (χ1n) is 8.16. The van der Waals surface area contributed by atoms with Crippen LogP contribution in [0.3, 0.4) is 0 Å². The Labute approximate surface area is 146 Å². The fourth-order valence-corrected chi connectivity index (χ4v) is 2.48. The fraction of sp³-hybridized carbons (Fsp3) is 0.263. The zero-order valence-electron chi connectivity index (χ0n) is 13.7. The van der Waals surface area contributed by atoms with Crippen LogP contribution in [0.2, 0.25) is 0 Å². The van der Waals surface area contributed by atoms with Crippen LogP contribution >= 0.6 is 0 Å². The minimum Gasteiger partial charge on any atom is -0.486 e. The molecule has 3 rings (SSSR count). The van der Waals surface area contributed by atoms with Crippen LogP contribution in [0.5, 0.6) is 11.5 Å². The highest BCUT2D eigenvalue weighted by atomic mass is 16.6. The quantitative estimate of drug-likeness (QED) is 0.831. The Morgan fingerprint density at radius 3 is 2.44 bits per heavy atom. The van der Waals surface area contributed by atoms with Crippen LogP contribution in [-0.2, 0) is 16.0 Å².